The van der Waals surface area contributed by atoms with Gasteiger partial charge < -0.3 is 19.9 Å². The van der Waals surface area contributed by atoms with Crippen LogP contribution in [0.3, 0.4) is 0 Å². The summed E-state index contributed by atoms with van der Waals surface area (Å²) in [6.07, 6.45) is 2.58. The predicted octanol–water partition coefficient (Wildman–Crippen LogP) is 3.39. The summed E-state index contributed by atoms with van der Waals surface area (Å²) in [6, 6.07) is 0. The van der Waals surface area contributed by atoms with Crippen LogP contribution >= 0.6 is 0 Å². The topological polar surface area (TPSA) is 67.8 Å². The van der Waals surface area contributed by atoms with Crippen molar-refractivity contribution in [1.82, 2.24) is 5.32 Å². The summed E-state index contributed by atoms with van der Waals surface area (Å²) in [7, 11) is 0. The third-order valence-corrected chi connectivity index (χ3v) is 3.44. The van der Waals surface area contributed by atoms with Gasteiger partial charge in [0.1, 0.15) is 6.10 Å². The van der Waals surface area contributed by atoms with Gasteiger partial charge in [0, 0.05) is 12.0 Å². The fraction of sp³-hybridized carbons (Fsp3) is 0.941. The molecular formula is C17H33NO4. The van der Waals surface area contributed by atoms with Gasteiger partial charge >= 0.3 is 6.09 Å². The van der Waals surface area contributed by atoms with Gasteiger partial charge in [0.15, 0.2) is 0 Å². The summed E-state index contributed by atoms with van der Waals surface area (Å²) >= 11 is 0. The second kappa shape index (κ2) is 7.64. The second-order valence-corrected chi connectivity index (χ2v) is 8.30. The fourth-order valence-electron chi connectivity index (χ4n) is 2.63. The smallest absolute Gasteiger partial charge is 0.407 e. The van der Waals surface area contributed by atoms with Gasteiger partial charge in [0.05, 0.1) is 17.8 Å². The van der Waals surface area contributed by atoms with Gasteiger partial charge in [0.2, 0.25) is 0 Å². The Morgan fingerprint density at radius 1 is 1.00 bits per heavy atom. The first-order chi connectivity index (χ1) is 9.94. The van der Waals surface area contributed by atoms with Crippen LogP contribution in [0.1, 0.15) is 73.6 Å². The average Bonchev–Trinajstić information content (AvgIpc) is 2.26. The third-order valence-electron chi connectivity index (χ3n) is 3.44. The molecule has 2 N–H and O–H groups in total. The van der Waals surface area contributed by atoms with Gasteiger partial charge in [-0.3, -0.25) is 0 Å². The first-order valence-electron chi connectivity index (χ1n) is 8.29. The van der Waals surface area contributed by atoms with E-state index in [-0.39, 0.29) is 29.5 Å². The SMILES string of the molecule is CC(C)(C)NC(=O)OC1CCC(O)CCC(OC(C)(C)C)C1. The Morgan fingerprint density at radius 3 is 2.05 bits per heavy atom. The van der Waals surface area contributed by atoms with Crippen LogP contribution in [0.15, 0.2) is 0 Å². The van der Waals surface area contributed by atoms with E-state index in [0.29, 0.717) is 19.3 Å². The quantitative estimate of drug-likeness (QED) is 0.819. The number of carbonyl (C=O) groups excluding carboxylic acids is 1. The van der Waals surface area contributed by atoms with Crippen molar-refractivity contribution in [2.45, 2.75) is 103 Å². The van der Waals surface area contributed by atoms with Gasteiger partial charge in [0.25, 0.3) is 0 Å². The Kier molecular flexibility index (Phi) is 6.68. The van der Waals surface area contributed by atoms with E-state index < -0.39 is 6.09 Å². The van der Waals surface area contributed by atoms with E-state index in [1.165, 1.54) is 0 Å². The Bertz CT molecular complexity index is 357. The standard InChI is InChI=1S/C17H33NO4/c1-16(2,3)18-15(20)21-13-9-7-12(19)8-10-14(11-13)22-17(4,5)6/h12-14,19H,7-11H2,1-6H3,(H,18,20). The number of hydrogen-bond acceptors (Lipinski definition) is 4. The van der Waals surface area contributed by atoms with Crippen LogP contribution in [0.5, 0.6) is 0 Å². The second-order valence-electron chi connectivity index (χ2n) is 8.30. The zero-order valence-corrected chi connectivity index (χ0v) is 14.9. The number of aliphatic hydroxyl groups is 1. The monoisotopic (exact) mass is 315 g/mol. The third kappa shape index (κ3) is 8.59. The summed E-state index contributed by atoms with van der Waals surface area (Å²) in [5, 5.41) is 12.8. The van der Waals surface area contributed by atoms with Crippen LogP contribution in [-0.2, 0) is 9.47 Å². The lowest BCUT2D eigenvalue weighted by atomic mass is 9.94. The molecule has 1 amide bonds. The van der Waals surface area contributed by atoms with Crippen molar-refractivity contribution in [2.75, 3.05) is 0 Å². The van der Waals surface area contributed by atoms with Crippen LogP contribution in [-0.4, -0.2) is 40.7 Å². The molecular weight excluding hydrogens is 282 g/mol. The Balaban J connectivity index is 2.63. The van der Waals surface area contributed by atoms with Crippen molar-refractivity contribution in [1.29, 1.82) is 0 Å². The van der Waals surface area contributed by atoms with Crippen molar-refractivity contribution >= 4 is 6.09 Å². The molecule has 0 saturated heterocycles. The highest BCUT2D eigenvalue weighted by atomic mass is 16.6. The molecule has 22 heavy (non-hydrogen) atoms. The maximum Gasteiger partial charge on any atom is 0.407 e. The van der Waals surface area contributed by atoms with Gasteiger partial charge in [-0.05, 0) is 67.2 Å². The zero-order chi connectivity index (χ0) is 17.0. The molecule has 5 nitrogen and oxygen atoms in total. The van der Waals surface area contributed by atoms with Gasteiger partial charge in [-0.2, -0.15) is 0 Å². The van der Waals surface area contributed by atoms with Crippen LogP contribution in [0.25, 0.3) is 0 Å². The van der Waals surface area contributed by atoms with Crippen LogP contribution < -0.4 is 5.32 Å². The lowest BCUT2D eigenvalue weighted by Gasteiger charge is -2.33. The summed E-state index contributed by atoms with van der Waals surface area (Å²) in [5.74, 6) is 0. The number of hydrogen-bond donors (Lipinski definition) is 2. The van der Waals surface area contributed by atoms with Crippen molar-refractivity contribution in [3.8, 4) is 0 Å². The lowest BCUT2D eigenvalue weighted by Crippen LogP contribution is -2.43. The van der Waals surface area contributed by atoms with Crippen molar-refractivity contribution < 1.29 is 19.4 Å². The molecule has 0 heterocycles. The van der Waals surface area contributed by atoms with E-state index in [1.54, 1.807) is 0 Å². The van der Waals surface area contributed by atoms with Crippen molar-refractivity contribution in [2.24, 2.45) is 0 Å². The van der Waals surface area contributed by atoms with Gasteiger partial charge in [-0.25, -0.2) is 4.79 Å². The molecule has 3 unspecified atom stereocenters. The van der Waals surface area contributed by atoms with E-state index >= 15 is 0 Å². The minimum atomic E-state index is -0.401. The molecule has 1 saturated carbocycles. The highest BCUT2D eigenvalue weighted by Crippen LogP contribution is 2.26. The summed E-state index contributed by atoms with van der Waals surface area (Å²) in [6.45, 7) is 11.8. The number of ether oxygens (including phenoxy) is 2. The van der Waals surface area contributed by atoms with Crippen molar-refractivity contribution in [3.05, 3.63) is 0 Å². The molecule has 1 fully saturated rings. The lowest BCUT2D eigenvalue weighted by molar-refractivity contribution is -0.0907. The minimum Gasteiger partial charge on any atom is -0.446 e. The van der Waals surface area contributed by atoms with Crippen LogP contribution in [0.4, 0.5) is 4.79 Å². The van der Waals surface area contributed by atoms with Gasteiger partial charge in [-0.15, -0.1) is 0 Å². The number of carbonyl (C=O) groups is 1. The molecule has 3 atom stereocenters. The normalized spacial score (nSPS) is 27.7. The average molecular weight is 315 g/mol. The zero-order valence-electron chi connectivity index (χ0n) is 14.9. The largest absolute Gasteiger partial charge is 0.446 e. The Morgan fingerprint density at radius 2 is 1.55 bits per heavy atom. The van der Waals surface area contributed by atoms with E-state index in [0.717, 1.165) is 12.8 Å². The maximum atomic E-state index is 12.0. The van der Waals surface area contributed by atoms with E-state index in [9.17, 15) is 9.90 Å². The molecule has 0 aromatic rings. The Labute approximate surface area is 134 Å². The fourth-order valence-corrected chi connectivity index (χ4v) is 2.63. The maximum absolute atomic E-state index is 12.0. The number of nitrogens with one attached hydrogen (secondary N) is 1. The van der Waals surface area contributed by atoms with Crippen LogP contribution in [0.2, 0.25) is 0 Å². The minimum absolute atomic E-state index is 0.00221. The number of amides is 1. The molecule has 0 aliphatic heterocycles. The number of alkyl carbamates (subject to hydrolysis) is 1. The highest BCUT2D eigenvalue weighted by Gasteiger charge is 2.28. The number of rotatable bonds is 2. The van der Waals surface area contributed by atoms with E-state index in [2.05, 4.69) is 5.32 Å². The molecule has 0 aromatic heterocycles. The van der Waals surface area contributed by atoms with Crippen molar-refractivity contribution in [3.63, 3.8) is 0 Å². The molecule has 0 bridgehead atoms. The molecule has 1 aliphatic carbocycles. The summed E-state index contributed by atoms with van der Waals surface area (Å²) in [5.41, 5.74) is -0.563. The van der Waals surface area contributed by atoms with Gasteiger partial charge in [-0.1, -0.05) is 0 Å². The van der Waals surface area contributed by atoms with E-state index in [1.807, 2.05) is 41.5 Å². The predicted molar refractivity (Wildman–Crippen MR) is 86.9 cm³/mol. The highest BCUT2D eigenvalue weighted by molar-refractivity contribution is 5.68. The summed E-state index contributed by atoms with van der Waals surface area (Å²) in [4.78, 5) is 12.0. The van der Waals surface area contributed by atoms with E-state index in [4.69, 9.17) is 9.47 Å². The Hall–Kier alpha value is -0.810. The molecule has 5 heteroatoms. The molecule has 1 rings (SSSR count). The molecule has 0 spiro atoms. The summed E-state index contributed by atoms with van der Waals surface area (Å²) < 4.78 is 11.6. The molecule has 0 radical (unpaired) electrons. The first-order valence-corrected chi connectivity index (χ1v) is 8.29. The van der Waals surface area contributed by atoms with Crippen LogP contribution in [0, 0.1) is 0 Å². The molecule has 130 valence electrons. The number of aliphatic hydroxyl groups excluding tert-OH is 1. The molecule has 0 aromatic carbocycles. The first kappa shape index (κ1) is 19.2. The molecule has 1 aliphatic rings.